The minimum Gasteiger partial charge on any atom is -0.273 e. The van der Waals surface area contributed by atoms with Crippen molar-refractivity contribution in [2.75, 3.05) is 6.61 Å². The lowest BCUT2D eigenvalue weighted by Crippen LogP contribution is -2.24. The normalized spacial score (nSPS) is 11.5. The molecule has 0 aliphatic carbocycles. The lowest BCUT2D eigenvalue weighted by molar-refractivity contribution is -0.137. The zero-order valence-electron chi connectivity index (χ0n) is 11.5. The van der Waals surface area contributed by atoms with Crippen molar-refractivity contribution in [2.24, 2.45) is 0 Å². The molecule has 0 spiro atoms. The predicted molar refractivity (Wildman–Crippen MR) is 67.9 cm³/mol. The first-order valence-corrected chi connectivity index (χ1v) is 6.30. The summed E-state index contributed by atoms with van der Waals surface area (Å²) in [4.78, 5) is 20.1. The zero-order valence-corrected chi connectivity index (χ0v) is 11.5. The second-order valence-corrected chi connectivity index (χ2v) is 4.23. The lowest BCUT2D eigenvalue weighted by atomic mass is 10.3. The number of nitrogens with zero attached hydrogens (tertiary/aromatic N) is 4. The lowest BCUT2D eigenvalue weighted by Gasteiger charge is -2.06. The number of carbonyl (C=O) groups is 1. The Balaban J connectivity index is 2.09. The number of rotatable bonds is 5. The smallest absolute Gasteiger partial charge is 0.273 e. The van der Waals surface area contributed by atoms with Gasteiger partial charge in [0, 0.05) is 6.20 Å². The molecule has 0 atom stereocenters. The van der Waals surface area contributed by atoms with Crippen LogP contribution < -0.4 is 5.48 Å². The van der Waals surface area contributed by atoms with Crippen molar-refractivity contribution in [3.63, 3.8) is 0 Å². The van der Waals surface area contributed by atoms with E-state index in [4.69, 9.17) is 4.84 Å². The molecule has 0 aliphatic rings. The number of carbonyl (C=O) groups excluding carboxylic acids is 1. The summed E-state index contributed by atoms with van der Waals surface area (Å²) in [7, 11) is 0. The van der Waals surface area contributed by atoms with Crippen LogP contribution >= 0.6 is 0 Å². The fourth-order valence-electron chi connectivity index (χ4n) is 1.44. The number of aromatic nitrogens is 4. The van der Waals surface area contributed by atoms with Gasteiger partial charge in [-0.3, -0.25) is 9.63 Å². The quantitative estimate of drug-likeness (QED) is 0.671. The zero-order chi connectivity index (χ0) is 16.2. The van der Waals surface area contributed by atoms with Gasteiger partial charge < -0.3 is 0 Å². The highest BCUT2D eigenvalue weighted by Crippen LogP contribution is 2.28. The van der Waals surface area contributed by atoms with Gasteiger partial charge in [0.25, 0.3) is 5.91 Å². The van der Waals surface area contributed by atoms with Crippen molar-refractivity contribution in [2.45, 2.75) is 19.5 Å². The summed E-state index contributed by atoms with van der Waals surface area (Å²) in [6, 6.07) is 2.00. The summed E-state index contributed by atoms with van der Waals surface area (Å²) in [5.41, 5.74) is 1.25. The molecule has 2 heterocycles. The number of pyridine rings is 1. The Morgan fingerprint density at radius 2 is 2.18 bits per heavy atom. The van der Waals surface area contributed by atoms with Crippen molar-refractivity contribution in [1.82, 2.24) is 25.5 Å². The van der Waals surface area contributed by atoms with E-state index in [9.17, 15) is 18.0 Å². The van der Waals surface area contributed by atoms with Crippen molar-refractivity contribution in [3.8, 4) is 5.82 Å². The first kappa shape index (κ1) is 15.9. The Morgan fingerprint density at radius 1 is 1.41 bits per heavy atom. The maximum Gasteiger partial charge on any atom is 0.417 e. The minimum absolute atomic E-state index is 0.0437. The fourth-order valence-corrected chi connectivity index (χ4v) is 1.44. The Morgan fingerprint density at radius 3 is 2.77 bits per heavy atom. The molecule has 22 heavy (non-hydrogen) atoms. The van der Waals surface area contributed by atoms with Crippen LogP contribution in [0, 0.1) is 0 Å². The molecule has 2 rings (SSSR count). The van der Waals surface area contributed by atoms with Gasteiger partial charge in [-0.1, -0.05) is 12.1 Å². The molecule has 7 nitrogen and oxygen atoms in total. The summed E-state index contributed by atoms with van der Waals surface area (Å²) in [6.07, 6.45) is -1.82. The molecule has 2 aromatic heterocycles. The van der Waals surface area contributed by atoms with E-state index in [1.807, 2.05) is 6.92 Å². The SMILES string of the molecule is CCCONC(=O)c1cn(-c2ccc(C(F)(F)F)cn2)nn1. The van der Waals surface area contributed by atoms with Gasteiger partial charge in [-0.05, 0) is 18.6 Å². The molecular formula is C12H12F3N5O2. The van der Waals surface area contributed by atoms with Gasteiger partial charge in [0.15, 0.2) is 11.5 Å². The standard InChI is InChI=1S/C12H12F3N5O2/c1-2-5-22-18-11(21)9-7-20(19-17-9)10-4-3-8(6-16-10)12(13,14)15/h3-4,6-7H,2,5H2,1H3,(H,18,21). The van der Waals surface area contributed by atoms with E-state index in [0.717, 1.165) is 23.2 Å². The van der Waals surface area contributed by atoms with Gasteiger partial charge >= 0.3 is 6.18 Å². The predicted octanol–water partition coefficient (Wildman–Crippen LogP) is 1.75. The number of nitrogens with one attached hydrogen (secondary N) is 1. The van der Waals surface area contributed by atoms with E-state index in [-0.39, 0.29) is 11.5 Å². The minimum atomic E-state index is -4.46. The summed E-state index contributed by atoms with van der Waals surface area (Å²) in [5.74, 6) is -0.499. The second kappa shape index (κ2) is 6.52. The highest BCUT2D eigenvalue weighted by molar-refractivity contribution is 5.91. The second-order valence-electron chi connectivity index (χ2n) is 4.23. The molecule has 0 saturated heterocycles. The number of alkyl halides is 3. The highest BCUT2D eigenvalue weighted by Gasteiger charge is 2.30. The molecule has 118 valence electrons. The van der Waals surface area contributed by atoms with E-state index in [2.05, 4.69) is 20.8 Å². The summed E-state index contributed by atoms with van der Waals surface area (Å²) in [5, 5.41) is 7.24. The van der Waals surface area contributed by atoms with Crippen LogP contribution in [0.25, 0.3) is 5.82 Å². The largest absolute Gasteiger partial charge is 0.417 e. The van der Waals surface area contributed by atoms with Crippen LogP contribution in [-0.4, -0.2) is 32.5 Å². The molecule has 10 heteroatoms. The average molecular weight is 315 g/mol. The van der Waals surface area contributed by atoms with Gasteiger partial charge in [0.1, 0.15) is 0 Å². The molecule has 1 amide bonds. The maximum absolute atomic E-state index is 12.4. The van der Waals surface area contributed by atoms with Crippen molar-refractivity contribution >= 4 is 5.91 Å². The van der Waals surface area contributed by atoms with Gasteiger partial charge in [0.05, 0.1) is 18.4 Å². The van der Waals surface area contributed by atoms with Crippen LogP contribution in [0.5, 0.6) is 0 Å². The van der Waals surface area contributed by atoms with Gasteiger partial charge in [-0.15, -0.1) is 5.10 Å². The van der Waals surface area contributed by atoms with E-state index in [1.54, 1.807) is 0 Å². The maximum atomic E-state index is 12.4. The van der Waals surface area contributed by atoms with E-state index < -0.39 is 17.6 Å². The summed E-state index contributed by atoms with van der Waals surface area (Å²) >= 11 is 0. The molecule has 0 fully saturated rings. The Labute approximate surface area is 123 Å². The third kappa shape index (κ3) is 3.79. The molecule has 1 N–H and O–H groups in total. The summed E-state index contributed by atoms with van der Waals surface area (Å²) in [6.45, 7) is 2.22. The number of halogens is 3. The van der Waals surface area contributed by atoms with Gasteiger partial charge in [-0.2, -0.15) is 13.2 Å². The van der Waals surface area contributed by atoms with Crippen LogP contribution in [0.1, 0.15) is 29.4 Å². The molecule has 0 aliphatic heterocycles. The number of hydrogen-bond acceptors (Lipinski definition) is 5. The molecule has 2 aromatic rings. The van der Waals surface area contributed by atoms with Crippen LogP contribution in [0.15, 0.2) is 24.5 Å². The third-order valence-electron chi connectivity index (χ3n) is 2.51. The van der Waals surface area contributed by atoms with Gasteiger partial charge in [-0.25, -0.2) is 15.1 Å². The first-order valence-electron chi connectivity index (χ1n) is 6.30. The molecular weight excluding hydrogens is 303 g/mol. The van der Waals surface area contributed by atoms with Crippen molar-refractivity contribution in [3.05, 3.63) is 35.8 Å². The van der Waals surface area contributed by atoms with E-state index in [0.29, 0.717) is 12.8 Å². The van der Waals surface area contributed by atoms with E-state index >= 15 is 0 Å². The Bertz CT molecular complexity index is 639. The molecule has 0 saturated carbocycles. The fraction of sp³-hybridized carbons (Fsp3) is 0.333. The molecule has 0 radical (unpaired) electrons. The van der Waals surface area contributed by atoms with Crippen molar-refractivity contribution in [1.29, 1.82) is 0 Å². The molecule has 0 bridgehead atoms. The molecule has 0 unspecified atom stereocenters. The first-order chi connectivity index (χ1) is 10.4. The van der Waals surface area contributed by atoms with E-state index in [1.165, 1.54) is 6.20 Å². The van der Waals surface area contributed by atoms with Crippen molar-refractivity contribution < 1.29 is 22.8 Å². The highest BCUT2D eigenvalue weighted by atomic mass is 19.4. The van der Waals surface area contributed by atoms with Gasteiger partial charge in [0.2, 0.25) is 0 Å². The topological polar surface area (TPSA) is 81.9 Å². The Hall–Kier alpha value is -2.49. The number of amides is 1. The van der Waals surface area contributed by atoms with Crippen LogP contribution in [-0.2, 0) is 11.0 Å². The average Bonchev–Trinajstić information content (AvgIpc) is 2.96. The third-order valence-corrected chi connectivity index (χ3v) is 2.51. The monoisotopic (exact) mass is 315 g/mol. The van der Waals surface area contributed by atoms with Crippen LogP contribution in [0.2, 0.25) is 0 Å². The number of hydroxylamine groups is 1. The Kier molecular flexibility index (Phi) is 4.71. The van der Waals surface area contributed by atoms with Crippen LogP contribution in [0.3, 0.4) is 0 Å². The molecule has 0 aromatic carbocycles. The summed E-state index contributed by atoms with van der Waals surface area (Å²) < 4.78 is 38.4. The van der Waals surface area contributed by atoms with Crippen LogP contribution in [0.4, 0.5) is 13.2 Å². The number of hydrogen-bond donors (Lipinski definition) is 1.